The van der Waals surface area contributed by atoms with Crippen molar-refractivity contribution >= 4 is 18.0 Å². The third-order valence-electron chi connectivity index (χ3n) is 2.72. The summed E-state index contributed by atoms with van der Waals surface area (Å²) < 4.78 is 5.44. The largest absolute Gasteiger partial charge is 0.478 e. The molecule has 0 aliphatic rings. The predicted octanol–water partition coefficient (Wildman–Crippen LogP) is 2.04. The number of hydrogen-bond donors (Lipinski definition) is 2. The summed E-state index contributed by atoms with van der Waals surface area (Å²) in [6.07, 6.45) is 1.20. The molecule has 1 aromatic carbocycles. The molecule has 0 saturated heterocycles. The molecule has 1 aromatic heterocycles. The van der Waals surface area contributed by atoms with Crippen LogP contribution in [0, 0.1) is 11.3 Å². The first-order valence-electron chi connectivity index (χ1n) is 5.87. The molecule has 0 unspecified atom stereocenters. The normalized spacial score (nSPS) is 10.9. The zero-order valence-corrected chi connectivity index (χ0v) is 10.7. The number of primary amides is 1. The van der Waals surface area contributed by atoms with E-state index in [2.05, 4.69) is 0 Å². The summed E-state index contributed by atoms with van der Waals surface area (Å²) in [6.45, 7) is 0. The van der Waals surface area contributed by atoms with Crippen LogP contribution in [-0.4, -0.2) is 17.0 Å². The van der Waals surface area contributed by atoms with E-state index in [9.17, 15) is 9.59 Å². The molecule has 0 bridgehead atoms. The third kappa shape index (κ3) is 2.98. The van der Waals surface area contributed by atoms with Crippen LogP contribution >= 0.6 is 0 Å². The van der Waals surface area contributed by atoms with E-state index < -0.39 is 11.9 Å². The van der Waals surface area contributed by atoms with Gasteiger partial charge in [-0.1, -0.05) is 18.2 Å². The van der Waals surface area contributed by atoms with Crippen LogP contribution in [0.15, 0.2) is 46.4 Å². The summed E-state index contributed by atoms with van der Waals surface area (Å²) in [4.78, 5) is 22.1. The molecule has 0 aliphatic heterocycles. The second-order valence-corrected chi connectivity index (χ2v) is 4.09. The molecule has 0 saturated carbocycles. The lowest BCUT2D eigenvalue weighted by molar-refractivity contribution is -0.114. The van der Waals surface area contributed by atoms with E-state index in [0.29, 0.717) is 11.3 Å². The molecule has 0 spiro atoms. The first-order valence-corrected chi connectivity index (χ1v) is 5.87. The topological polar surface area (TPSA) is 117 Å². The Kier molecular flexibility index (Phi) is 3.86. The van der Waals surface area contributed by atoms with E-state index in [1.165, 1.54) is 18.2 Å². The Morgan fingerprint density at radius 2 is 1.95 bits per heavy atom. The van der Waals surface area contributed by atoms with Crippen LogP contribution in [-0.2, 0) is 4.79 Å². The Morgan fingerprint density at radius 3 is 2.57 bits per heavy atom. The maximum atomic E-state index is 11.2. The predicted molar refractivity (Wildman–Crippen MR) is 73.9 cm³/mol. The molecule has 104 valence electrons. The molecule has 2 aromatic rings. The molecule has 0 radical (unpaired) electrons. The number of carboxylic acid groups (broad SMARTS) is 1. The van der Waals surface area contributed by atoms with Crippen molar-refractivity contribution in [3.05, 3.63) is 53.3 Å². The van der Waals surface area contributed by atoms with Gasteiger partial charge in [-0.2, -0.15) is 5.26 Å². The lowest BCUT2D eigenvalue weighted by Crippen LogP contribution is -2.12. The zero-order chi connectivity index (χ0) is 15.4. The number of nitrogens with two attached hydrogens (primary N) is 1. The summed E-state index contributed by atoms with van der Waals surface area (Å²) in [5.74, 6) is -1.38. The zero-order valence-electron chi connectivity index (χ0n) is 10.7. The molecular weight excluding hydrogens is 272 g/mol. The minimum absolute atomic E-state index is 0.0952. The van der Waals surface area contributed by atoms with Crippen molar-refractivity contribution in [2.45, 2.75) is 0 Å². The minimum atomic E-state index is -1.08. The van der Waals surface area contributed by atoms with Crippen LogP contribution in [0.1, 0.15) is 16.1 Å². The summed E-state index contributed by atoms with van der Waals surface area (Å²) in [7, 11) is 0. The van der Waals surface area contributed by atoms with Crippen molar-refractivity contribution in [2.75, 3.05) is 0 Å². The molecular formula is C15H10N2O4. The second kappa shape index (κ2) is 5.75. The first-order chi connectivity index (χ1) is 10.0. The second-order valence-electron chi connectivity index (χ2n) is 4.09. The molecule has 6 heteroatoms. The van der Waals surface area contributed by atoms with Gasteiger partial charge in [-0.3, -0.25) is 4.79 Å². The average molecular weight is 282 g/mol. The number of carbonyl (C=O) groups excluding carboxylic acids is 1. The number of aromatic carboxylic acids is 1. The molecule has 1 heterocycles. The van der Waals surface area contributed by atoms with E-state index in [4.69, 9.17) is 20.5 Å². The van der Waals surface area contributed by atoms with Gasteiger partial charge in [0.2, 0.25) is 0 Å². The fraction of sp³-hybridized carbons (Fsp3) is 0. The van der Waals surface area contributed by atoms with E-state index in [-0.39, 0.29) is 16.9 Å². The van der Waals surface area contributed by atoms with E-state index in [0.717, 1.165) is 0 Å². The maximum Gasteiger partial charge on any atom is 0.336 e. The highest BCUT2D eigenvalue weighted by Gasteiger charge is 2.14. The molecule has 2 rings (SSSR count). The Balaban J connectivity index is 2.45. The molecule has 21 heavy (non-hydrogen) atoms. The quantitative estimate of drug-likeness (QED) is 0.657. The highest BCUT2D eigenvalue weighted by molar-refractivity contribution is 6.00. The number of benzene rings is 1. The Hall–Kier alpha value is -3.33. The van der Waals surface area contributed by atoms with Crippen molar-refractivity contribution in [3.63, 3.8) is 0 Å². The summed E-state index contributed by atoms with van der Waals surface area (Å²) in [6, 6.07) is 11.1. The van der Waals surface area contributed by atoms with Gasteiger partial charge in [0, 0.05) is 11.6 Å². The maximum absolute atomic E-state index is 11.2. The van der Waals surface area contributed by atoms with Gasteiger partial charge in [-0.05, 0) is 18.2 Å². The summed E-state index contributed by atoms with van der Waals surface area (Å²) >= 11 is 0. The molecule has 1 amide bonds. The number of amides is 1. The highest BCUT2D eigenvalue weighted by atomic mass is 16.4. The first kappa shape index (κ1) is 14.1. The lowest BCUT2D eigenvalue weighted by atomic mass is 10.1. The minimum Gasteiger partial charge on any atom is -0.478 e. The van der Waals surface area contributed by atoms with E-state index in [1.54, 1.807) is 30.3 Å². The standard InChI is InChI=1S/C15H10N2O4/c16-8-9(14(17)18)7-10-5-6-13(21-10)11-3-1-2-4-12(11)15(19)20/h1-7H,(H2,17,18)(H,19,20)/b9-7-. The number of nitrogens with zero attached hydrogens (tertiary/aromatic N) is 1. The van der Waals surface area contributed by atoms with Crippen molar-refractivity contribution in [1.82, 2.24) is 0 Å². The molecule has 0 fully saturated rings. The van der Waals surface area contributed by atoms with Crippen molar-refractivity contribution in [3.8, 4) is 17.4 Å². The van der Waals surface area contributed by atoms with Crippen LogP contribution in [0.4, 0.5) is 0 Å². The molecule has 0 aliphatic carbocycles. The Morgan fingerprint density at radius 1 is 1.24 bits per heavy atom. The molecule has 6 nitrogen and oxygen atoms in total. The number of carboxylic acids is 1. The van der Waals surface area contributed by atoms with Crippen LogP contribution in [0.25, 0.3) is 17.4 Å². The third-order valence-corrected chi connectivity index (χ3v) is 2.72. The number of hydrogen-bond acceptors (Lipinski definition) is 4. The number of rotatable bonds is 4. The number of furan rings is 1. The number of carbonyl (C=O) groups is 2. The SMILES string of the molecule is N#C/C(=C/c1ccc(-c2ccccc2C(=O)O)o1)C(N)=O. The van der Waals surface area contributed by atoms with Gasteiger partial charge >= 0.3 is 5.97 Å². The summed E-state index contributed by atoms with van der Waals surface area (Å²) in [5, 5.41) is 17.9. The van der Waals surface area contributed by atoms with Gasteiger partial charge < -0.3 is 15.3 Å². The Labute approximate surface area is 119 Å². The van der Waals surface area contributed by atoms with Crippen LogP contribution < -0.4 is 5.73 Å². The number of nitriles is 1. The van der Waals surface area contributed by atoms with E-state index >= 15 is 0 Å². The van der Waals surface area contributed by atoms with Crippen LogP contribution in [0.3, 0.4) is 0 Å². The van der Waals surface area contributed by atoms with Crippen molar-refractivity contribution in [2.24, 2.45) is 5.73 Å². The van der Waals surface area contributed by atoms with Gasteiger partial charge in [0.05, 0.1) is 5.56 Å². The monoisotopic (exact) mass is 282 g/mol. The van der Waals surface area contributed by atoms with Gasteiger partial charge in [0.1, 0.15) is 23.2 Å². The van der Waals surface area contributed by atoms with Crippen molar-refractivity contribution in [1.29, 1.82) is 5.26 Å². The van der Waals surface area contributed by atoms with Gasteiger partial charge in [0.15, 0.2) is 0 Å². The summed E-state index contributed by atoms with van der Waals surface area (Å²) in [5.41, 5.74) is 5.28. The smallest absolute Gasteiger partial charge is 0.336 e. The Bertz CT molecular complexity index is 781. The molecule has 3 N–H and O–H groups in total. The highest BCUT2D eigenvalue weighted by Crippen LogP contribution is 2.26. The van der Waals surface area contributed by atoms with Crippen molar-refractivity contribution < 1.29 is 19.1 Å². The van der Waals surface area contributed by atoms with Gasteiger partial charge in [-0.25, -0.2) is 4.79 Å². The van der Waals surface area contributed by atoms with E-state index in [1.807, 2.05) is 0 Å². The lowest BCUT2D eigenvalue weighted by Gasteiger charge is -2.01. The van der Waals surface area contributed by atoms with Gasteiger partial charge in [-0.15, -0.1) is 0 Å². The van der Waals surface area contributed by atoms with Crippen LogP contribution in [0.2, 0.25) is 0 Å². The van der Waals surface area contributed by atoms with Gasteiger partial charge in [0.25, 0.3) is 5.91 Å². The van der Waals surface area contributed by atoms with Crippen LogP contribution in [0.5, 0.6) is 0 Å². The fourth-order valence-electron chi connectivity index (χ4n) is 1.76. The molecule has 0 atom stereocenters. The average Bonchev–Trinajstić information content (AvgIpc) is 2.92. The fourth-order valence-corrected chi connectivity index (χ4v) is 1.76.